The number of nitrogens with zero attached hydrogens (tertiary/aromatic N) is 2. The molecule has 310 valence electrons. The Hall–Kier alpha value is -5.51. The third kappa shape index (κ3) is 12.8. The average Bonchev–Trinajstić information content (AvgIpc) is 3.91. The Morgan fingerprint density at radius 1 is 0.895 bits per heavy atom. The van der Waals surface area contributed by atoms with E-state index in [1.54, 1.807) is 43.3 Å². The van der Waals surface area contributed by atoms with Gasteiger partial charge in [0.25, 0.3) is 0 Å². The molecule has 8 unspecified atom stereocenters. The van der Waals surface area contributed by atoms with Gasteiger partial charge in [0, 0.05) is 32.5 Å². The molecule has 1 saturated heterocycles. The van der Waals surface area contributed by atoms with Gasteiger partial charge in [-0.1, -0.05) is 76.6 Å². The molecule has 2 aliphatic rings. The van der Waals surface area contributed by atoms with Gasteiger partial charge in [0.1, 0.15) is 29.9 Å². The first-order valence-electron chi connectivity index (χ1n) is 19.7. The van der Waals surface area contributed by atoms with Gasteiger partial charge in [-0.2, -0.15) is 0 Å². The number of carbonyl (C=O) groups is 6. The molecule has 9 N–H and O–H groups in total. The maximum absolute atomic E-state index is 14.4. The maximum atomic E-state index is 14.4. The van der Waals surface area contributed by atoms with Crippen LogP contribution in [0.25, 0.3) is 0 Å². The number of phenolic OH excluding ortho intramolecular Hbond substituents is 1. The Morgan fingerprint density at radius 3 is 2.19 bits per heavy atom. The molecule has 8 atom stereocenters. The van der Waals surface area contributed by atoms with E-state index in [9.17, 15) is 39.0 Å². The van der Waals surface area contributed by atoms with Crippen molar-refractivity contribution in [1.82, 2.24) is 31.5 Å². The van der Waals surface area contributed by atoms with Gasteiger partial charge in [-0.25, -0.2) is 4.79 Å². The summed E-state index contributed by atoms with van der Waals surface area (Å²) in [5.74, 6) is -5.12. The zero-order valence-corrected chi connectivity index (χ0v) is 33.1. The Bertz CT molecular complexity index is 1720. The molecule has 57 heavy (non-hydrogen) atoms. The fraction of sp³-hybridized carbons (Fsp3) is 0.537. The SMILES string of the molecule is CCC(C)C(NC(=O)C(CNC(=O)C(N)C(C)C)Cc1ccc(O)cc1)C(=O)NC(CC1CNC=N1)C(=O)N1CCCC1C(=O)NC(Cc1ccccc1)C(=O)O. The van der Waals surface area contributed by atoms with E-state index in [2.05, 4.69) is 31.6 Å². The third-order valence-corrected chi connectivity index (χ3v) is 10.7. The number of nitrogens with one attached hydrogen (secondary N) is 5. The van der Waals surface area contributed by atoms with Crippen molar-refractivity contribution < 1.29 is 39.0 Å². The summed E-state index contributed by atoms with van der Waals surface area (Å²) >= 11 is 0. The van der Waals surface area contributed by atoms with Gasteiger partial charge in [0.2, 0.25) is 29.5 Å². The van der Waals surface area contributed by atoms with Crippen LogP contribution >= 0.6 is 0 Å². The van der Waals surface area contributed by atoms with Crippen LogP contribution in [0.5, 0.6) is 5.75 Å². The van der Waals surface area contributed by atoms with Crippen molar-refractivity contribution in [2.24, 2.45) is 28.5 Å². The van der Waals surface area contributed by atoms with Crippen LogP contribution in [0, 0.1) is 17.8 Å². The van der Waals surface area contributed by atoms with Gasteiger partial charge in [0.05, 0.1) is 24.3 Å². The molecule has 16 heteroatoms. The highest BCUT2D eigenvalue weighted by Gasteiger charge is 2.41. The van der Waals surface area contributed by atoms with Crippen molar-refractivity contribution in [3.63, 3.8) is 0 Å². The van der Waals surface area contributed by atoms with Gasteiger partial charge < -0.3 is 47.4 Å². The number of nitrogens with two attached hydrogens (primary N) is 1. The highest BCUT2D eigenvalue weighted by Crippen LogP contribution is 2.22. The van der Waals surface area contributed by atoms with E-state index < -0.39 is 71.6 Å². The number of carbonyl (C=O) groups excluding carboxylic acids is 5. The van der Waals surface area contributed by atoms with Crippen LogP contribution in [0.3, 0.4) is 0 Å². The predicted octanol–water partition coefficient (Wildman–Crippen LogP) is 0.859. The largest absolute Gasteiger partial charge is 0.508 e. The minimum Gasteiger partial charge on any atom is -0.508 e. The molecule has 2 aliphatic heterocycles. The molecule has 0 aliphatic carbocycles. The number of likely N-dealkylation sites (tertiary alicyclic amines) is 1. The fourth-order valence-corrected chi connectivity index (χ4v) is 6.91. The van der Waals surface area contributed by atoms with Crippen molar-refractivity contribution in [2.45, 2.75) is 102 Å². The van der Waals surface area contributed by atoms with Crippen molar-refractivity contribution >= 4 is 41.8 Å². The molecule has 0 bridgehead atoms. The van der Waals surface area contributed by atoms with Gasteiger partial charge in [0.15, 0.2) is 0 Å². The summed E-state index contributed by atoms with van der Waals surface area (Å²) in [7, 11) is 0. The standard InChI is InChI=1S/C41H58N8O8/c1-5-25(4)35(48-36(51)28(18-27-13-15-30(50)16-14-27)21-44-38(53)34(42)24(2)3)39(54)46-31(20-29-22-43-23-45-29)40(55)49-17-9-12-33(49)37(52)47-32(41(56)57)19-26-10-7-6-8-11-26/h6-8,10-11,13-16,23-25,28-29,31-35,50H,5,9,12,17-22,42H2,1-4H3,(H,43,45)(H,44,53)(H,46,54)(H,47,52)(H,48,51)(H,56,57). The first-order valence-corrected chi connectivity index (χ1v) is 19.7. The van der Waals surface area contributed by atoms with Crippen LogP contribution in [0.1, 0.15) is 64.5 Å². The van der Waals surface area contributed by atoms with Crippen LogP contribution in [0.15, 0.2) is 59.6 Å². The first kappa shape index (κ1) is 44.2. The molecule has 0 aromatic heterocycles. The van der Waals surface area contributed by atoms with E-state index >= 15 is 0 Å². The average molecular weight is 791 g/mol. The number of hydrogen-bond acceptors (Lipinski definition) is 10. The lowest BCUT2D eigenvalue weighted by Gasteiger charge is -2.32. The molecular weight excluding hydrogens is 732 g/mol. The zero-order valence-electron chi connectivity index (χ0n) is 33.1. The molecule has 0 saturated carbocycles. The van der Waals surface area contributed by atoms with E-state index in [0.717, 1.165) is 11.1 Å². The molecule has 16 nitrogen and oxygen atoms in total. The second-order valence-electron chi connectivity index (χ2n) is 15.4. The van der Waals surface area contributed by atoms with E-state index in [1.165, 1.54) is 23.4 Å². The van der Waals surface area contributed by atoms with Crippen LogP contribution in [0.4, 0.5) is 0 Å². The number of aliphatic imine (C=N–C) groups is 1. The van der Waals surface area contributed by atoms with Gasteiger partial charge >= 0.3 is 5.97 Å². The molecule has 2 aromatic carbocycles. The van der Waals surface area contributed by atoms with E-state index in [-0.39, 0.29) is 56.0 Å². The minimum atomic E-state index is -1.22. The molecule has 4 rings (SSSR count). The molecular formula is C41H58N8O8. The quantitative estimate of drug-likeness (QED) is 0.0941. The predicted molar refractivity (Wildman–Crippen MR) is 214 cm³/mol. The van der Waals surface area contributed by atoms with Crippen molar-refractivity contribution in [3.8, 4) is 5.75 Å². The van der Waals surface area contributed by atoms with E-state index in [4.69, 9.17) is 5.73 Å². The topological polar surface area (TPSA) is 245 Å². The number of aromatic hydroxyl groups is 1. The van der Waals surface area contributed by atoms with Crippen molar-refractivity contribution in [1.29, 1.82) is 0 Å². The zero-order chi connectivity index (χ0) is 41.6. The number of rotatable bonds is 20. The highest BCUT2D eigenvalue weighted by molar-refractivity contribution is 5.96. The van der Waals surface area contributed by atoms with Crippen LogP contribution in [-0.4, -0.2) is 113 Å². The second-order valence-corrected chi connectivity index (χ2v) is 15.4. The normalized spacial score (nSPS) is 19.4. The fourth-order valence-electron chi connectivity index (χ4n) is 6.91. The van der Waals surface area contributed by atoms with E-state index in [0.29, 0.717) is 25.8 Å². The van der Waals surface area contributed by atoms with Gasteiger partial charge in [-0.05, 0) is 54.4 Å². The summed E-state index contributed by atoms with van der Waals surface area (Å²) in [4.78, 5) is 86.9. The van der Waals surface area contributed by atoms with Crippen LogP contribution in [0.2, 0.25) is 0 Å². The Balaban J connectivity index is 1.53. The lowest BCUT2D eigenvalue weighted by atomic mass is 9.94. The molecule has 0 spiro atoms. The second kappa shape index (κ2) is 21.1. The monoisotopic (exact) mass is 790 g/mol. The molecule has 1 fully saturated rings. The van der Waals surface area contributed by atoms with Crippen LogP contribution < -0.4 is 32.3 Å². The number of aliphatic carboxylic acids is 1. The summed E-state index contributed by atoms with van der Waals surface area (Å²) in [6, 6.07) is 9.73. The number of phenols is 1. The molecule has 2 aromatic rings. The Labute approximate surface area is 333 Å². The lowest BCUT2D eigenvalue weighted by molar-refractivity contribution is -0.145. The molecule has 5 amide bonds. The molecule has 0 radical (unpaired) electrons. The summed E-state index contributed by atoms with van der Waals surface area (Å²) in [6.45, 7) is 7.89. The summed E-state index contributed by atoms with van der Waals surface area (Å²) in [5.41, 5.74) is 7.50. The Kier molecular flexibility index (Phi) is 16.4. The molecule has 2 heterocycles. The van der Waals surface area contributed by atoms with Crippen molar-refractivity contribution in [3.05, 3.63) is 65.7 Å². The minimum absolute atomic E-state index is 0.0565. The summed E-state index contributed by atoms with van der Waals surface area (Å²) in [6.07, 6.45) is 3.18. The van der Waals surface area contributed by atoms with E-state index in [1.807, 2.05) is 26.8 Å². The number of amides is 5. The summed E-state index contributed by atoms with van der Waals surface area (Å²) in [5, 5.41) is 33.9. The lowest BCUT2D eigenvalue weighted by Crippen LogP contribution is -2.59. The maximum Gasteiger partial charge on any atom is 0.326 e. The number of hydrogen-bond donors (Lipinski definition) is 8. The number of benzene rings is 2. The highest BCUT2D eigenvalue weighted by atomic mass is 16.4. The van der Waals surface area contributed by atoms with Crippen LogP contribution in [-0.2, 0) is 41.6 Å². The third-order valence-electron chi connectivity index (χ3n) is 10.7. The van der Waals surface area contributed by atoms with Gasteiger partial charge in [-0.15, -0.1) is 0 Å². The van der Waals surface area contributed by atoms with Gasteiger partial charge in [-0.3, -0.25) is 29.0 Å². The summed E-state index contributed by atoms with van der Waals surface area (Å²) < 4.78 is 0. The number of carboxylic acid groups (broad SMARTS) is 1. The smallest absolute Gasteiger partial charge is 0.326 e. The van der Waals surface area contributed by atoms with Crippen molar-refractivity contribution in [2.75, 3.05) is 19.6 Å². The Morgan fingerprint density at radius 2 is 1.58 bits per heavy atom. The first-order chi connectivity index (χ1) is 27.2. The number of carboxylic acids is 1.